The molecule has 476 valence electrons. The highest BCUT2D eigenvalue weighted by Crippen LogP contribution is 2.18. The molecule has 0 saturated carbocycles. The Morgan fingerprint density at radius 2 is 0.476 bits per heavy atom. The van der Waals surface area contributed by atoms with E-state index in [4.69, 9.17) is 14.2 Å². The van der Waals surface area contributed by atoms with Gasteiger partial charge in [0.25, 0.3) is 0 Å². The number of hydrogen-bond donors (Lipinski definition) is 0. The zero-order valence-corrected chi connectivity index (χ0v) is 54.8. The van der Waals surface area contributed by atoms with Crippen LogP contribution in [0.25, 0.3) is 0 Å². The van der Waals surface area contributed by atoms with Gasteiger partial charge in [-0.1, -0.05) is 318 Å². The Kier molecular flexibility index (Phi) is 67.6. The van der Waals surface area contributed by atoms with Crippen LogP contribution in [0.3, 0.4) is 0 Å². The van der Waals surface area contributed by atoms with E-state index in [-0.39, 0.29) is 31.1 Å². The van der Waals surface area contributed by atoms with Crippen molar-refractivity contribution in [1.29, 1.82) is 0 Å². The molecule has 0 amide bonds. The van der Waals surface area contributed by atoms with Crippen LogP contribution in [-0.4, -0.2) is 37.2 Å². The van der Waals surface area contributed by atoms with E-state index < -0.39 is 6.10 Å². The summed E-state index contributed by atoms with van der Waals surface area (Å²) >= 11 is 0. The van der Waals surface area contributed by atoms with Crippen molar-refractivity contribution in [1.82, 2.24) is 0 Å². The van der Waals surface area contributed by atoms with Gasteiger partial charge in [-0.25, -0.2) is 0 Å². The van der Waals surface area contributed by atoms with Crippen molar-refractivity contribution in [2.24, 2.45) is 0 Å². The van der Waals surface area contributed by atoms with Gasteiger partial charge in [-0.15, -0.1) is 0 Å². The molecule has 82 heavy (non-hydrogen) atoms. The van der Waals surface area contributed by atoms with Crippen molar-refractivity contribution < 1.29 is 28.6 Å². The van der Waals surface area contributed by atoms with Crippen LogP contribution in [0.4, 0.5) is 0 Å². The molecule has 0 N–H and O–H groups in total. The number of carbonyl (C=O) groups excluding carboxylic acids is 3. The van der Waals surface area contributed by atoms with E-state index in [1.807, 2.05) is 0 Å². The molecule has 1 atom stereocenters. The number of carbonyl (C=O) groups is 3. The van der Waals surface area contributed by atoms with Gasteiger partial charge >= 0.3 is 17.9 Å². The number of ether oxygens (including phenoxy) is 3. The summed E-state index contributed by atoms with van der Waals surface area (Å²) in [5.41, 5.74) is 0. The highest BCUT2D eigenvalue weighted by molar-refractivity contribution is 5.71. The summed E-state index contributed by atoms with van der Waals surface area (Å²) in [4.78, 5) is 38.5. The quantitative estimate of drug-likeness (QED) is 0.0261. The second-order valence-corrected chi connectivity index (χ2v) is 24.1. The fourth-order valence-corrected chi connectivity index (χ4v) is 10.5. The minimum Gasteiger partial charge on any atom is -0.462 e. The number of unbranched alkanes of at least 4 members (excludes halogenated alkanes) is 43. The van der Waals surface area contributed by atoms with Gasteiger partial charge in [-0.2, -0.15) is 0 Å². The third-order valence-electron chi connectivity index (χ3n) is 15.9. The molecule has 0 aliphatic rings. The predicted octanol–water partition coefficient (Wildman–Crippen LogP) is 24.8. The van der Waals surface area contributed by atoms with Crippen LogP contribution in [0.15, 0.2) is 72.9 Å². The first-order valence-corrected chi connectivity index (χ1v) is 35.9. The van der Waals surface area contributed by atoms with E-state index in [1.54, 1.807) is 0 Å². The van der Waals surface area contributed by atoms with Gasteiger partial charge in [-0.3, -0.25) is 14.4 Å². The van der Waals surface area contributed by atoms with Gasteiger partial charge in [0.2, 0.25) is 0 Å². The lowest BCUT2D eigenvalue weighted by atomic mass is 10.0. The first-order chi connectivity index (χ1) is 40.5. The van der Waals surface area contributed by atoms with Crippen LogP contribution in [0.5, 0.6) is 0 Å². The predicted molar refractivity (Wildman–Crippen MR) is 358 cm³/mol. The minimum absolute atomic E-state index is 0.0757. The van der Waals surface area contributed by atoms with Crippen molar-refractivity contribution in [3.63, 3.8) is 0 Å². The third kappa shape index (κ3) is 67.6. The van der Waals surface area contributed by atoms with Gasteiger partial charge in [0.05, 0.1) is 0 Å². The van der Waals surface area contributed by atoms with E-state index in [2.05, 4.69) is 93.7 Å². The van der Waals surface area contributed by atoms with E-state index >= 15 is 0 Å². The summed E-state index contributed by atoms with van der Waals surface area (Å²) in [6.45, 7) is 6.58. The highest BCUT2D eigenvalue weighted by atomic mass is 16.6. The molecule has 0 aromatic carbocycles. The Bertz CT molecular complexity index is 1500. The average molecular weight is 1150 g/mol. The van der Waals surface area contributed by atoms with Gasteiger partial charge in [0.15, 0.2) is 6.10 Å². The van der Waals surface area contributed by atoms with E-state index in [1.165, 1.54) is 250 Å². The van der Waals surface area contributed by atoms with Crippen LogP contribution in [0, 0.1) is 0 Å². The van der Waals surface area contributed by atoms with Crippen molar-refractivity contribution in [2.45, 2.75) is 380 Å². The summed E-state index contributed by atoms with van der Waals surface area (Å²) in [5.74, 6) is -0.861. The third-order valence-corrected chi connectivity index (χ3v) is 15.9. The summed E-state index contributed by atoms with van der Waals surface area (Å²) in [7, 11) is 0. The molecule has 6 heteroatoms. The molecule has 0 fully saturated rings. The van der Waals surface area contributed by atoms with Crippen molar-refractivity contribution in [3.8, 4) is 0 Å². The number of rotatable bonds is 66. The van der Waals surface area contributed by atoms with Crippen LogP contribution in [0.2, 0.25) is 0 Å². The second-order valence-electron chi connectivity index (χ2n) is 24.1. The molecule has 0 rings (SSSR count). The molecular weight excluding hydrogens is 1010 g/mol. The Hall–Kier alpha value is -3.15. The highest BCUT2D eigenvalue weighted by Gasteiger charge is 2.19. The lowest BCUT2D eigenvalue weighted by Crippen LogP contribution is -2.30. The normalized spacial score (nSPS) is 12.5. The number of hydrogen-bond acceptors (Lipinski definition) is 6. The molecule has 0 aliphatic heterocycles. The molecule has 1 unspecified atom stereocenters. The first-order valence-electron chi connectivity index (χ1n) is 35.9. The molecule has 0 aromatic rings. The monoisotopic (exact) mass is 1150 g/mol. The molecule has 0 saturated heterocycles. The number of esters is 3. The Labute approximate surface area is 510 Å². The average Bonchev–Trinajstić information content (AvgIpc) is 3.47. The maximum absolute atomic E-state index is 13.0. The Morgan fingerprint density at radius 3 is 0.756 bits per heavy atom. The molecular formula is C76H136O6. The molecule has 0 aliphatic carbocycles. The van der Waals surface area contributed by atoms with Crippen molar-refractivity contribution in [3.05, 3.63) is 72.9 Å². The van der Waals surface area contributed by atoms with Crippen LogP contribution < -0.4 is 0 Å². The SMILES string of the molecule is CC/C=C\C/C=C\C/C=C\C/C=C\CCCCCCCCCCCCCCC(=O)OCC(COC(=O)CCCCCCCCC/C=C\CCCCCCCCC)OC(=O)CCCCCCCCCCC/C=C\CCCCCCCCCC. The van der Waals surface area contributed by atoms with E-state index in [0.29, 0.717) is 19.3 Å². The fraction of sp³-hybridized carbons (Fsp3) is 0.803. The maximum Gasteiger partial charge on any atom is 0.306 e. The smallest absolute Gasteiger partial charge is 0.306 e. The van der Waals surface area contributed by atoms with E-state index in [9.17, 15) is 14.4 Å². The van der Waals surface area contributed by atoms with Gasteiger partial charge in [0.1, 0.15) is 13.2 Å². The lowest BCUT2D eigenvalue weighted by molar-refractivity contribution is -0.167. The molecule has 0 spiro atoms. The molecule has 0 bridgehead atoms. The zero-order chi connectivity index (χ0) is 59.2. The Morgan fingerprint density at radius 1 is 0.256 bits per heavy atom. The van der Waals surface area contributed by atoms with Crippen molar-refractivity contribution in [2.75, 3.05) is 13.2 Å². The van der Waals surface area contributed by atoms with Crippen molar-refractivity contribution >= 4 is 17.9 Å². The second kappa shape index (κ2) is 70.3. The largest absolute Gasteiger partial charge is 0.462 e. The van der Waals surface area contributed by atoms with Gasteiger partial charge < -0.3 is 14.2 Å². The number of allylic oxidation sites excluding steroid dienone is 12. The lowest BCUT2D eigenvalue weighted by Gasteiger charge is -2.18. The zero-order valence-electron chi connectivity index (χ0n) is 54.8. The van der Waals surface area contributed by atoms with Gasteiger partial charge in [-0.05, 0) is 109 Å². The molecule has 0 aromatic heterocycles. The fourth-order valence-electron chi connectivity index (χ4n) is 10.5. The first kappa shape index (κ1) is 78.8. The van der Waals surface area contributed by atoms with Crippen LogP contribution in [-0.2, 0) is 28.6 Å². The topological polar surface area (TPSA) is 78.9 Å². The minimum atomic E-state index is -0.781. The Balaban J connectivity index is 4.34. The standard InChI is InChI=1S/C76H136O6/c1-4-7-10-13-16-19-22-25-28-31-34-36-37-38-39-41-42-45-48-51-54-57-60-63-66-69-75(78)81-72-73(71-80-74(77)68-65-62-59-56-53-50-47-44-33-30-27-24-21-18-15-12-9-6-3)82-76(79)70-67-64-61-58-55-52-49-46-43-40-35-32-29-26-23-20-17-14-11-8-5-2/h7,10,16,19,25,28,30,32-36,73H,4-6,8-9,11-15,17-18,20-24,26-27,29,31,37-72H2,1-3H3/b10-7-,19-16-,28-25-,33-30-,35-32-,36-34-. The maximum atomic E-state index is 13.0. The van der Waals surface area contributed by atoms with Gasteiger partial charge in [0, 0.05) is 19.3 Å². The molecule has 0 heterocycles. The summed E-state index contributed by atoms with van der Waals surface area (Å²) < 4.78 is 17.0. The summed E-state index contributed by atoms with van der Waals surface area (Å²) in [5, 5.41) is 0. The molecule has 0 radical (unpaired) electrons. The summed E-state index contributed by atoms with van der Waals surface area (Å²) in [6, 6.07) is 0. The summed E-state index contributed by atoms with van der Waals surface area (Å²) in [6.07, 6.45) is 92.1. The van der Waals surface area contributed by atoms with E-state index in [0.717, 1.165) is 83.5 Å². The van der Waals surface area contributed by atoms with Crippen LogP contribution in [0.1, 0.15) is 374 Å². The molecule has 6 nitrogen and oxygen atoms in total. The van der Waals surface area contributed by atoms with Crippen LogP contribution >= 0.6 is 0 Å².